The fourth-order valence-corrected chi connectivity index (χ4v) is 6.89. The first-order valence-electron chi connectivity index (χ1n) is 16.3. The quantitative estimate of drug-likeness (QED) is 0.185. The van der Waals surface area contributed by atoms with E-state index in [2.05, 4.69) is 187 Å². The van der Waals surface area contributed by atoms with Gasteiger partial charge >= 0.3 is 0 Å². The Morgan fingerprint density at radius 2 is 0.875 bits per heavy atom. The molecular weight excluding hydrogens is 583 g/mol. The van der Waals surface area contributed by atoms with Crippen LogP contribution in [-0.4, -0.2) is 0 Å². The summed E-state index contributed by atoms with van der Waals surface area (Å²) in [5.74, 6) is 0. The van der Waals surface area contributed by atoms with Crippen molar-refractivity contribution in [3.63, 3.8) is 0 Å². The normalized spacial score (nSPS) is 11.3. The van der Waals surface area contributed by atoms with Crippen LogP contribution >= 0.6 is 0 Å². The zero-order valence-corrected chi connectivity index (χ0v) is 26.3. The average molecular weight is 614 g/mol. The summed E-state index contributed by atoms with van der Waals surface area (Å²) in [6.45, 7) is 0. The molecule has 0 saturated heterocycles. The SMILES string of the molecule is c1ccc(-c2ccc(-c3ccc(N(c4cccc(-c5ccccc5)c4)c4cc5ccccc5c5c4oc4ccccc45)cc3)cc2)cc1. The van der Waals surface area contributed by atoms with E-state index in [-0.39, 0.29) is 0 Å². The van der Waals surface area contributed by atoms with E-state index >= 15 is 0 Å². The molecule has 0 fully saturated rings. The number of fused-ring (bicyclic) bond motifs is 5. The van der Waals surface area contributed by atoms with Gasteiger partial charge in [-0.05, 0) is 80.6 Å². The van der Waals surface area contributed by atoms with Gasteiger partial charge in [0.25, 0.3) is 0 Å². The monoisotopic (exact) mass is 613 g/mol. The molecule has 0 amide bonds. The third-order valence-electron chi connectivity index (χ3n) is 9.25. The van der Waals surface area contributed by atoms with Gasteiger partial charge in [0.15, 0.2) is 5.58 Å². The van der Waals surface area contributed by atoms with Gasteiger partial charge in [-0.15, -0.1) is 0 Å². The minimum absolute atomic E-state index is 0.876. The molecule has 0 unspecified atom stereocenters. The molecule has 0 aliphatic carbocycles. The van der Waals surface area contributed by atoms with E-state index in [0.717, 1.165) is 44.6 Å². The summed E-state index contributed by atoms with van der Waals surface area (Å²) >= 11 is 0. The second-order valence-corrected chi connectivity index (χ2v) is 12.2. The number of hydrogen-bond acceptors (Lipinski definition) is 2. The fourth-order valence-electron chi connectivity index (χ4n) is 6.89. The molecular formula is C46H31NO. The van der Waals surface area contributed by atoms with E-state index in [0.29, 0.717) is 0 Å². The van der Waals surface area contributed by atoms with Crippen LogP contribution < -0.4 is 4.90 Å². The van der Waals surface area contributed by atoms with Gasteiger partial charge in [0, 0.05) is 22.1 Å². The van der Waals surface area contributed by atoms with Crippen LogP contribution in [0.2, 0.25) is 0 Å². The number of rotatable bonds is 6. The molecule has 9 rings (SSSR count). The van der Waals surface area contributed by atoms with E-state index < -0.39 is 0 Å². The van der Waals surface area contributed by atoms with Crippen molar-refractivity contribution in [1.29, 1.82) is 0 Å². The predicted molar refractivity (Wildman–Crippen MR) is 202 cm³/mol. The maximum atomic E-state index is 6.73. The molecule has 0 N–H and O–H groups in total. The van der Waals surface area contributed by atoms with Crippen molar-refractivity contribution in [2.75, 3.05) is 4.90 Å². The topological polar surface area (TPSA) is 16.4 Å². The molecule has 0 bridgehead atoms. The Bertz CT molecular complexity index is 2530. The van der Waals surface area contributed by atoms with E-state index in [4.69, 9.17) is 4.42 Å². The minimum Gasteiger partial charge on any atom is -0.454 e. The summed E-state index contributed by atoms with van der Waals surface area (Å²) in [5.41, 5.74) is 12.0. The van der Waals surface area contributed by atoms with E-state index in [9.17, 15) is 0 Å². The van der Waals surface area contributed by atoms with Crippen LogP contribution in [0.25, 0.3) is 66.1 Å². The lowest BCUT2D eigenvalue weighted by molar-refractivity contribution is 0.669. The van der Waals surface area contributed by atoms with Crippen LogP contribution in [0.3, 0.4) is 0 Å². The highest BCUT2D eigenvalue weighted by Gasteiger charge is 2.22. The Kier molecular flexibility index (Phi) is 6.84. The zero-order valence-electron chi connectivity index (χ0n) is 26.3. The van der Waals surface area contributed by atoms with Crippen molar-refractivity contribution in [2.24, 2.45) is 0 Å². The summed E-state index contributed by atoms with van der Waals surface area (Å²) in [6.07, 6.45) is 0. The third-order valence-corrected chi connectivity index (χ3v) is 9.25. The summed E-state index contributed by atoms with van der Waals surface area (Å²) in [5, 5.41) is 4.62. The highest BCUT2D eigenvalue weighted by molar-refractivity contribution is 6.23. The van der Waals surface area contributed by atoms with E-state index in [1.165, 1.54) is 38.6 Å². The molecule has 1 heterocycles. The van der Waals surface area contributed by atoms with Crippen molar-refractivity contribution < 1.29 is 4.42 Å². The van der Waals surface area contributed by atoms with Gasteiger partial charge in [-0.25, -0.2) is 0 Å². The number of anilines is 3. The van der Waals surface area contributed by atoms with E-state index in [1.54, 1.807) is 0 Å². The lowest BCUT2D eigenvalue weighted by atomic mass is 9.99. The summed E-state index contributed by atoms with van der Waals surface area (Å²) < 4.78 is 6.73. The second-order valence-electron chi connectivity index (χ2n) is 12.2. The Morgan fingerprint density at radius 3 is 1.56 bits per heavy atom. The van der Waals surface area contributed by atoms with Gasteiger partial charge < -0.3 is 9.32 Å². The highest BCUT2D eigenvalue weighted by atomic mass is 16.3. The van der Waals surface area contributed by atoms with Gasteiger partial charge in [0.05, 0.1) is 5.69 Å². The van der Waals surface area contributed by atoms with Crippen molar-refractivity contribution in [2.45, 2.75) is 0 Å². The first kappa shape index (κ1) is 27.9. The molecule has 1 aromatic heterocycles. The number of hydrogen-bond donors (Lipinski definition) is 0. The third kappa shape index (κ3) is 4.92. The molecule has 0 atom stereocenters. The lowest BCUT2D eigenvalue weighted by Crippen LogP contribution is -2.10. The van der Waals surface area contributed by atoms with Crippen LogP contribution in [0, 0.1) is 0 Å². The molecule has 0 saturated carbocycles. The fraction of sp³-hybridized carbons (Fsp3) is 0. The van der Waals surface area contributed by atoms with Gasteiger partial charge in [0.2, 0.25) is 0 Å². The Balaban J connectivity index is 1.22. The number of benzene rings is 8. The van der Waals surface area contributed by atoms with Crippen molar-refractivity contribution in [3.05, 3.63) is 188 Å². The molecule has 0 radical (unpaired) electrons. The van der Waals surface area contributed by atoms with E-state index in [1.807, 2.05) is 6.07 Å². The van der Waals surface area contributed by atoms with Gasteiger partial charge in [-0.1, -0.05) is 152 Å². The van der Waals surface area contributed by atoms with Crippen molar-refractivity contribution >= 4 is 49.8 Å². The number of para-hydroxylation sites is 1. The lowest BCUT2D eigenvalue weighted by Gasteiger charge is -2.27. The van der Waals surface area contributed by atoms with Gasteiger partial charge in [-0.3, -0.25) is 0 Å². The first-order chi connectivity index (χ1) is 23.8. The maximum absolute atomic E-state index is 6.73. The van der Waals surface area contributed by atoms with Gasteiger partial charge in [-0.2, -0.15) is 0 Å². The second kappa shape index (κ2) is 11.8. The molecule has 2 nitrogen and oxygen atoms in total. The van der Waals surface area contributed by atoms with Crippen LogP contribution in [0.1, 0.15) is 0 Å². The first-order valence-corrected chi connectivity index (χ1v) is 16.3. The predicted octanol–water partition coefficient (Wildman–Crippen LogP) is 13.2. The highest BCUT2D eigenvalue weighted by Crippen LogP contribution is 2.46. The van der Waals surface area contributed by atoms with Crippen LogP contribution in [0.5, 0.6) is 0 Å². The summed E-state index contributed by atoms with van der Waals surface area (Å²) in [6, 6.07) is 66.8. The van der Waals surface area contributed by atoms with Crippen molar-refractivity contribution in [1.82, 2.24) is 0 Å². The Morgan fingerprint density at radius 1 is 0.354 bits per heavy atom. The molecule has 8 aromatic carbocycles. The Hall–Kier alpha value is -6.38. The van der Waals surface area contributed by atoms with Crippen LogP contribution in [0.15, 0.2) is 192 Å². The molecule has 9 aromatic rings. The summed E-state index contributed by atoms with van der Waals surface area (Å²) in [4.78, 5) is 2.34. The minimum atomic E-state index is 0.876. The molecule has 48 heavy (non-hydrogen) atoms. The van der Waals surface area contributed by atoms with Gasteiger partial charge in [0.1, 0.15) is 5.58 Å². The largest absolute Gasteiger partial charge is 0.454 e. The van der Waals surface area contributed by atoms with Crippen molar-refractivity contribution in [3.8, 4) is 33.4 Å². The van der Waals surface area contributed by atoms with Crippen LogP contribution in [0.4, 0.5) is 17.1 Å². The van der Waals surface area contributed by atoms with Crippen LogP contribution in [-0.2, 0) is 0 Å². The summed E-state index contributed by atoms with van der Waals surface area (Å²) in [7, 11) is 0. The molecule has 226 valence electrons. The smallest absolute Gasteiger partial charge is 0.160 e. The molecule has 2 heteroatoms. The molecule has 0 aliphatic heterocycles. The maximum Gasteiger partial charge on any atom is 0.160 e. The zero-order chi connectivity index (χ0) is 31.9. The Labute approximate surface area is 279 Å². The number of furan rings is 1. The molecule has 0 spiro atoms. The molecule has 0 aliphatic rings. The average Bonchev–Trinajstić information content (AvgIpc) is 3.57. The standard InChI is InChI=1S/C46H31NO/c1-3-12-32(13-4-1)34-22-24-35(25-23-34)36-26-28-39(29-27-36)47(40-18-11-17-37(30-40)33-14-5-2-6-15-33)43-31-38-16-7-8-19-41(38)45-42-20-9-10-21-44(42)48-46(43)45/h1-31H. The number of nitrogens with zero attached hydrogens (tertiary/aromatic N) is 1.